The number of carbonyl (C=O) groups excluding carboxylic acids is 2. The highest BCUT2D eigenvalue weighted by Gasteiger charge is 2.19. The van der Waals surface area contributed by atoms with E-state index in [1.165, 1.54) is 16.8 Å². The number of amides is 2. The summed E-state index contributed by atoms with van der Waals surface area (Å²) in [6, 6.07) is 11.3. The molecule has 0 fully saturated rings. The third kappa shape index (κ3) is 4.61. The maximum absolute atomic E-state index is 13.4. The van der Waals surface area contributed by atoms with Gasteiger partial charge in [0.25, 0.3) is 5.91 Å². The number of nitrogens with zero attached hydrogens (tertiary/aromatic N) is 3. The molecule has 0 bridgehead atoms. The Morgan fingerprint density at radius 3 is 2.54 bits per heavy atom. The lowest BCUT2D eigenvalue weighted by Gasteiger charge is -2.08. The Labute approximate surface area is 169 Å². The van der Waals surface area contributed by atoms with Crippen LogP contribution in [0.3, 0.4) is 0 Å². The molecule has 0 spiro atoms. The molecular formula is C19H17BrFN5O2. The molecule has 0 radical (unpaired) electrons. The van der Waals surface area contributed by atoms with Crippen LogP contribution in [0.2, 0.25) is 0 Å². The number of carbonyl (C=O) groups is 2. The second-order valence-electron chi connectivity index (χ2n) is 6.15. The van der Waals surface area contributed by atoms with Crippen LogP contribution in [0, 0.1) is 19.7 Å². The van der Waals surface area contributed by atoms with Gasteiger partial charge in [0, 0.05) is 15.8 Å². The van der Waals surface area contributed by atoms with E-state index in [2.05, 4.69) is 36.9 Å². The molecule has 3 aromatic rings. The number of halogens is 2. The van der Waals surface area contributed by atoms with Gasteiger partial charge in [-0.3, -0.25) is 9.59 Å². The predicted octanol–water partition coefficient (Wildman–Crippen LogP) is 3.69. The molecule has 0 aliphatic rings. The van der Waals surface area contributed by atoms with Crippen LogP contribution in [0.1, 0.15) is 21.7 Å². The smallest absolute Gasteiger partial charge is 0.278 e. The summed E-state index contributed by atoms with van der Waals surface area (Å²) in [6.07, 6.45) is 0. The quantitative estimate of drug-likeness (QED) is 0.626. The van der Waals surface area contributed by atoms with Crippen LogP contribution in [0.4, 0.5) is 15.8 Å². The first kappa shape index (κ1) is 19.7. The van der Waals surface area contributed by atoms with Gasteiger partial charge in [0.1, 0.15) is 12.4 Å². The Morgan fingerprint density at radius 2 is 1.82 bits per heavy atom. The average molecular weight is 446 g/mol. The van der Waals surface area contributed by atoms with E-state index < -0.39 is 11.7 Å². The van der Waals surface area contributed by atoms with Gasteiger partial charge in [0.2, 0.25) is 5.91 Å². The summed E-state index contributed by atoms with van der Waals surface area (Å²) in [5, 5.41) is 13.1. The van der Waals surface area contributed by atoms with Crippen molar-refractivity contribution in [1.82, 2.24) is 15.0 Å². The maximum Gasteiger partial charge on any atom is 0.278 e. The Morgan fingerprint density at radius 1 is 1.11 bits per heavy atom. The molecule has 0 saturated carbocycles. The van der Waals surface area contributed by atoms with E-state index in [1.807, 2.05) is 12.1 Å². The van der Waals surface area contributed by atoms with E-state index >= 15 is 0 Å². The monoisotopic (exact) mass is 445 g/mol. The van der Waals surface area contributed by atoms with Crippen LogP contribution >= 0.6 is 15.9 Å². The topological polar surface area (TPSA) is 88.9 Å². The number of aromatic nitrogens is 3. The van der Waals surface area contributed by atoms with Crippen LogP contribution in [-0.4, -0.2) is 26.8 Å². The second-order valence-corrected chi connectivity index (χ2v) is 7.07. The lowest BCUT2D eigenvalue weighted by Crippen LogP contribution is -2.21. The van der Waals surface area contributed by atoms with Gasteiger partial charge < -0.3 is 10.6 Å². The Hall–Kier alpha value is -3.07. The fourth-order valence-electron chi connectivity index (χ4n) is 2.50. The van der Waals surface area contributed by atoms with Crippen molar-refractivity contribution < 1.29 is 14.0 Å². The Bertz CT molecular complexity index is 1030. The number of rotatable bonds is 5. The highest BCUT2D eigenvalue weighted by atomic mass is 79.9. The first-order valence-electron chi connectivity index (χ1n) is 8.36. The summed E-state index contributed by atoms with van der Waals surface area (Å²) in [5.74, 6) is -1.28. The molecule has 9 heteroatoms. The van der Waals surface area contributed by atoms with E-state index in [4.69, 9.17) is 0 Å². The van der Waals surface area contributed by atoms with Crippen molar-refractivity contribution in [2.75, 3.05) is 10.6 Å². The molecular weight excluding hydrogens is 429 g/mol. The van der Waals surface area contributed by atoms with Gasteiger partial charge in [-0.05, 0) is 55.8 Å². The number of hydrogen-bond donors (Lipinski definition) is 2. The lowest BCUT2D eigenvalue weighted by atomic mass is 10.2. The summed E-state index contributed by atoms with van der Waals surface area (Å²) in [4.78, 5) is 24.7. The second kappa shape index (κ2) is 8.30. The van der Waals surface area contributed by atoms with Gasteiger partial charge in [-0.1, -0.05) is 27.2 Å². The van der Waals surface area contributed by atoms with Crippen molar-refractivity contribution in [1.29, 1.82) is 0 Å². The summed E-state index contributed by atoms with van der Waals surface area (Å²) < 4.78 is 15.6. The van der Waals surface area contributed by atoms with Crippen molar-refractivity contribution in [2.45, 2.75) is 20.4 Å². The number of benzene rings is 2. The summed E-state index contributed by atoms with van der Waals surface area (Å²) in [6.45, 7) is 3.30. The van der Waals surface area contributed by atoms with Crippen LogP contribution in [0.25, 0.3) is 0 Å². The van der Waals surface area contributed by atoms with Crippen LogP contribution in [-0.2, 0) is 11.3 Å². The van der Waals surface area contributed by atoms with Gasteiger partial charge in [-0.15, -0.1) is 5.10 Å². The van der Waals surface area contributed by atoms with Crippen molar-refractivity contribution in [3.05, 3.63) is 69.7 Å². The van der Waals surface area contributed by atoms with Gasteiger partial charge in [-0.25, -0.2) is 9.07 Å². The van der Waals surface area contributed by atoms with E-state index in [1.54, 1.807) is 32.0 Å². The SMILES string of the molecule is Cc1ccc(F)cc1NC(=O)c1nnn(CC(=O)Nc2ccc(Br)cc2)c1C. The number of anilines is 2. The molecule has 28 heavy (non-hydrogen) atoms. The first-order valence-corrected chi connectivity index (χ1v) is 9.16. The van der Waals surface area contributed by atoms with E-state index in [-0.39, 0.29) is 18.1 Å². The lowest BCUT2D eigenvalue weighted by molar-refractivity contribution is -0.117. The van der Waals surface area contributed by atoms with Gasteiger partial charge in [-0.2, -0.15) is 0 Å². The van der Waals surface area contributed by atoms with Crippen LogP contribution < -0.4 is 10.6 Å². The Kier molecular flexibility index (Phi) is 5.84. The highest BCUT2D eigenvalue weighted by Crippen LogP contribution is 2.18. The van der Waals surface area contributed by atoms with E-state index in [0.29, 0.717) is 22.6 Å². The molecule has 2 amide bonds. The largest absolute Gasteiger partial charge is 0.324 e. The molecule has 0 aliphatic carbocycles. The maximum atomic E-state index is 13.4. The Balaban J connectivity index is 1.69. The zero-order chi connectivity index (χ0) is 20.3. The highest BCUT2D eigenvalue weighted by molar-refractivity contribution is 9.10. The average Bonchev–Trinajstić information content (AvgIpc) is 3.00. The van der Waals surface area contributed by atoms with Crippen molar-refractivity contribution in [2.24, 2.45) is 0 Å². The molecule has 3 rings (SSSR count). The standard InChI is InChI=1S/C19H17BrFN5O2/c1-11-3-6-14(21)9-16(11)23-19(28)18-12(2)26(25-24-18)10-17(27)22-15-7-4-13(20)5-8-15/h3-9H,10H2,1-2H3,(H,22,27)(H,23,28). The molecule has 7 nitrogen and oxygen atoms in total. The van der Waals surface area contributed by atoms with Crippen LogP contribution in [0.15, 0.2) is 46.9 Å². The normalized spacial score (nSPS) is 10.6. The molecule has 2 N–H and O–H groups in total. The molecule has 0 aliphatic heterocycles. The molecule has 0 unspecified atom stereocenters. The van der Waals surface area contributed by atoms with Gasteiger partial charge in [0.05, 0.1) is 5.69 Å². The number of nitrogens with one attached hydrogen (secondary N) is 2. The number of hydrogen-bond acceptors (Lipinski definition) is 4. The molecule has 1 aromatic heterocycles. The minimum Gasteiger partial charge on any atom is -0.324 e. The minimum atomic E-state index is -0.522. The van der Waals surface area contributed by atoms with E-state index in [9.17, 15) is 14.0 Å². The molecule has 1 heterocycles. The van der Waals surface area contributed by atoms with Crippen molar-refractivity contribution >= 4 is 39.1 Å². The predicted molar refractivity (Wildman–Crippen MR) is 107 cm³/mol. The number of aryl methyl sites for hydroxylation is 1. The third-order valence-electron chi connectivity index (χ3n) is 4.07. The van der Waals surface area contributed by atoms with Crippen LogP contribution in [0.5, 0.6) is 0 Å². The zero-order valence-electron chi connectivity index (χ0n) is 15.2. The minimum absolute atomic E-state index is 0.0695. The van der Waals surface area contributed by atoms with Crippen molar-refractivity contribution in [3.63, 3.8) is 0 Å². The molecule has 144 valence electrons. The summed E-state index contributed by atoms with van der Waals surface area (Å²) in [7, 11) is 0. The molecule has 2 aromatic carbocycles. The first-order chi connectivity index (χ1) is 13.3. The summed E-state index contributed by atoms with van der Waals surface area (Å²) in [5.41, 5.74) is 2.21. The fraction of sp³-hybridized carbons (Fsp3) is 0.158. The molecule has 0 atom stereocenters. The van der Waals surface area contributed by atoms with Crippen molar-refractivity contribution in [3.8, 4) is 0 Å². The zero-order valence-corrected chi connectivity index (χ0v) is 16.7. The van der Waals surface area contributed by atoms with E-state index in [0.717, 1.165) is 4.47 Å². The fourth-order valence-corrected chi connectivity index (χ4v) is 2.76. The molecule has 0 saturated heterocycles. The van der Waals surface area contributed by atoms with Gasteiger partial charge >= 0.3 is 0 Å². The third-order valence-corrected chi connectivity index (χ3v) is 4.60. The summed E-state index contributed by atoms with van der Waals surface area (Å²) >= 11 is 3.33. The van der Waals surface area contributed by atoms with Gasteiger partial charge in [0.15, 0.2) is 5.69 Å².